The third kappa shape index (κ3) is 3.19. The summed E-state index contributed by atoms with van der Waals surface area (Å²) >= 11 is 3.44. The number of hydrogen-bond acceptors (Lipinski definition) is 3. The molecule has 0 amide bonds. The predicted molar refractivity (Wildman–Crippen MR) is 64.2 cm³/mol. The maximum absolute atomic E-state index is 9.99. The van der Waals surface area contributed by atoms with E-state index in [1.165, 1.54) is 18.9 Å². The largest absolute Gasteiger partial charge is 0.492 e. The number of halogens is 1. The van der Waals surface area contributed by atoms with Crippen molar-refractivity contribution in [1.82, 2.24) is 0 Å². The summed E-state index contributed by atoms with van der Waals surface area (Å²) in [5, 5.41) is 0. The lowest BCUT2D eigenvalue weighted by Crippen LogP contribution is -1.99. The maximum Gasteiger partial charge on any atom is 0.235 e. The van der Waals surface area contributed by atoms with Gasteiger partial charge in [-0.1, -0.05) is 6.07 Å². The molecular weight excluding hydrogens is 270 g/mol. The summed E-state index contributed by atoms with van der Waals surface area (Å²) in [6, 6.07) is 5.74. The van der Waals surface area contributed by atoms with Crippen LogP contribution in [0.1, 0.15) is 18.4 Å². The van der Waals surface area contributed by atoms with Crippen molar-refractivity contribution in [2.24, 2.45) is 10.9 Å². The smallest absolute Gasteiger partial charge is 0.235 e. The fraction of sp³-hybridized carbons (Fsp3) is 0.417. The average Bonchev–Trinajstić information content (AvgIpc) is 3.09. The second-order valence-electron chi connectivity index (χ2n) is 3.93. The van der Waals surface area contributed by atoms with Crippen LogP contribution in [0.5, 0.6) is 5.75 Å². The molecule has 0 aliphatic heterocycles. The molecule has 0 radical (unpaired) electrons. The molecule has 1 aromatic carbocycles. The molecule has 3 nitrogen and oxygen atoms in total. The Hall–Kier alpha value is -1.12. The van der Waals surface area contributed by atoms with Gasteiger partial charge < -0.3 is 4.74 Å². The van der Waals surface area contributed by atoms with Crippen LogP contribution in [0.25, 0.3) is 0 Å². The maximum atomic E-state index is 9.99. The molecule has 1 fully saturated rings. The lowest BCUT2D eigenvalue weighted by atomic mass is 10.2. The van der Waals surface area contributed by atoms with Crippen LogP contribution in [0.2, 0.25) is 0 Å². The number of hydrogen-bond donors (Lipinski definition) is 0. The van der Waals surface area contributed by atoms with Crippen LogP contribution in [-0.2, 0) is 11.3 Å². The Labute approximate surface area is 103 Å². The lowest BCUT2D eigenvalue weighted by Gasteiger charge is -2.08. The van der Waals surface area contributed by atoms with E-state index < -0.39 is 0 Å². The molecule has 1 saturated carbocycles. The minimum absolute atomic E-state index is 0.366. The number of isocyanates is 1. The highest BCUT2D eigenvalue weighted by Crippen LogP contribution is 2.32. The zero-order chi connectivity index (χ0) is 11.4. The number of ether oxygens (including phenoxy) is 1. The van der Waals surface area contributed by atoms with Crippen molar-refractivity contribution in [3.63, 3.8) is 0 Å². The molecule has 0 atom stereocenters. The number of nitrogens with zero attached hydrogens (tertiary/aromatic N) is 1. The highest BCUT2D eigenvalue weighted by atomic mass is 79.9. The SMILES string of the molecule is O=C=NCc1ccc(OCC2CC2)c(Br)c1. The predicted octanol–water partition coefficient (Wildman–Crippen LogP) is 3.07. The third-order valence-corrected chi connectivity index (χ3v) is 3.11. The molecule has 84 valence electrons. The standard InChI is InChI=1S/C12H12BrNO2/c13-11-5-10(6-14-8-15)3-4-12(11)16-7-9-1-2-9/h3-5,9H,1-2,6-7H2. The molecule has 0 N–H and O–H groups in total. The van der Waals surface area contributed by atoms with Gasteiger partial charge in [-0.05, 0) is 52.4 Å². The molecule has 1 aliphatic carbocycles. The van der Waals surface area contributed by atoms with E-state index in [2.05, 4.69) is 20.9 Å². The van der Waals surface area contributed by atoms with Crippen molar-refractivity contribution in [3.05, 3.63) is 28.2 Å². The van der Waals surface area contributed by atoms with Gasteiger partial charge in [-0.2, -0.15) is 0 Å². The van der Waals surface area contributed by atoms with Crippen molar-refractivity contribution in [2.45, 2.75) is 19.4 Å². The number of carbonyl (C=O) groups excluding carboxylic acids is 1. The van der Waals surface area contributed by atoms with E-state index in [4.69, 9.17) is 4.74 Å². The van der Waals surface area contributed by atoms with Crippen molar-refractivity contribution in [1.29, 1.82) is 0 Å². The van der Waals surface area contributed by atoms with E-state index >= 15 is 0 Å². The second kappa shape index (κ2) is 5.28. The highest BCUT2D eigenvalue weighted by molar-refractivity contribution is 9.10. The summed E-state index contributed by atoms with van der Waals surface area (Å²) in [5.41, 5.74) is 0.967. The Balaban J connectivity index is 1.99. The third-order valence-electron chi connectivity index (χ3n) is 2.49. The van der Waals surface area contributed by atoms with Gasteiger partial charge in [0.15, 0.2) is 0 Å². The number of rotatable bonds is 5. The van der Waals surface area contributed by atoms with Gasteiger partial charge in [-0.3, -0.25) is 0 Å². The first kappa shape index (κ1) is 11.4. The molecule has 0 spiro atoms. The Morgan fingerprint density at radius 2 is 2.31 bits per heavy atom. The van der Waals surface area contributed by atoms with Crippen LogP contribution in [0.3, 0.4) is 0 Å². The van der Waals surface area contributed by atoms with E-state index in [-0.39, 0.29) is 0 Å². The van der Waals surface area contributed by atoms with Crippen molar-refractivity contribution in [3.8, 4) is 5.75 Å². The van der Waals surface area contributed by atoms with E-state index in [0.29, 0.717) is 6.54 Å². The molecular formula is C12H12BrNO2. The van der Waals surface area contributed by atoms with Gasteiger partial charge in [0.1, 0.15) is 5.75 Å². The highest BCUT2D eigenvalue weighted by Gasteiger charge is 2.22. The first-order valence-electron chi connectivity index (χ1n) is 5.24. The van der Waals surface area contributed by atoms with Gasteiger partial charge in [0.2, 0.25) is 6.08 Å². The van der Waals surface area contributed by atoms with Gasteiger partial charge in [-0.15, -0.1) is 0 Å². The van der Waals surface area contributed by atoms with E-state index in [9.17, 15) is 4.79 Å². The van der Waals surface area contributed by atoms with Gasteiger partial charge >= 0.3 is 0 Å². The molecule has 0 unspecified atom stereocenters. The summed E-state index contributed by atoms with van der Waals surface area (Å²) < 4.78 is 6.57. The van der Waals surface area contributed by atoms with Crippen LogP contribution in [-0.4, -0.2) is 12.7 Å². The van der Waals surface area contributed by atoms with E-state index in [1.807, 2.05) is 18.2 Å². The summed E-state index contributed by atoms with van der Waals surface area (Å²) in [6.45, 7) is 1.16. The summed E-state index contributed by atoms with van der Waals surface area (Å²) in [6.07, 6.45) is 4.09. The normalized spacial score (nSPS) is 14.3. The molecule has 0 saturated heterocycles. The average molecular weight is 282 g/mol. The molecule has 4 heteroatoms. The van der Waals surface area contributed by atoms with Crippen molar-refractivity contribution in [2.75, 3.05) is 6.61 Å². The number of benzene rings is 1. The topological polar surface area (TPSA) is 38.7 Å². The first-order chi connectivity index (χ1) is 7.79. The molecule has 1 aliphatic rings. The fourth-order valence-electron chi connectivity index (χ4n) is 1.38. The Bertz CT molecular complexity index is 423. The Morgan fingerprint density at radius 3 is 2.94 bits per heavy atom. The van der Waals surface area contributed by atoms with Crippen molar-refractivity contribution >= 4 is 22.0 Å². The fourth-order valence-corrected chi connectivity index (χ4v) is 1.92. The summed E-state index contributed by atoms with van der Waals surface area (Å²) in [7, 11) is 0. The molecule has 1 aromatic rings. The number of aliphatic imine (C=N–C) groups is 1. The zero-order valence-corrected chi connectivity index (χ0v) is 10.4. The van der Waals surface area contributed by atoms with E-state index in [1.54, 1.807) is 0 Å². The van der Waals surface area contributed by atoms with Gasteiger partial charge in [0.05, 0.1) is 17.6 Å². The molecule has 0 heterocycles. The van der Waals surface area contributed by atoms with Crippen LogP contribution < -0.4 is 4.74 Å². The zero-order valence-electron chi connectivity index (χ0n) is 8.78. The monoisotopic (exact) mass is 281 g/mol. The van der Waals surface area contributed by atoms with Crippen LogP contribution >= 0.6 is 15.9 Å². The van der Waals surface area contributed by atoms with Gasteiger partial charge in [0, 0.05) is 0 Å². The molecule has 2 rings (SSSR count). The molecule has 0 bridgehead atoms. The quantitative estimate of drug-likeness (QED) is 0.615. The van der Waals surface area contributed by atoms with Crippen molar-refractivity contribution < 1.29 is 9.53 Å². The summed E-state index contributed by atoms with van der Waals surface area (Å²) in [5.74, 6) is 1.59. The lowest BCUT2D eigenvalue weighted by molar-refractivity contribution is 0.298. The molecule has 16 heavy (non-hydrogen) atoms. The van der Waals surface area contributed by atoms with Gasteiger partial charge in [0.25, 0.3) is 0 Å². The first-order valence-corrected chi connectivity index (χ1v) is 6.04. The summed E-state index contributed by atoms with van der Waals surface area (Å²) in [4.78, 5) is 13.5. The minimum atomic E-state index is 0.366. The Kier molecular flexibility index (Phi) is 3.75. The Morgan fingerprint density at radius 1 is 1.50 bits per heavy atom. The second-order valence-corrected chi connectivity index (χ2v) is 4.78. The van der Waals surface area contributed by atoms with Crippen LogP contribution in [0, 0.1) is 5.92 Å². The minimum Gasteiger partial charge on any atom is -0.492 e. The van der Waals surface area contributed by atoms with Gasteiger partial charge in [-0.25, -0.2) is 9.79 Å². The van der Waals surface area contributed by atoms with E-state index in [0.717, 1.165) is 28.3 Å². The van der Waals surface area contributed by atoms with Crippen LogP contribution in [0.4, 0.5) is 0 Å². The van der Waals surface area contributed by atoms with Crippen LogP contribution in [0.15, 0.2) is 27.7 Å². The molecule has 0 aromatic heterocycles.